The highest BCUT2D eigenvalue weighted by atomic mass is 32.1. The number of nitrogens with one attached hydrogen (secondary N) is 2. The van der Waals surface area contributed by atoms with E-state index in [1.165, 1.54) is 11.3 Å². The minimum absolute atomic E-state index is 0.152. The Morgan fingerprint density at radius 1 is 1.19 bits per heavy atom. The fourth-order valence-corrected chi connectivity index (χ4v) is 3.03. The summed E-state index contributed by atoms with van der Waals surface area (Å²) in [5, 5.41) is 7.48. The third kappa shape index (κ3) is 4.95. The average Bonchev–Trinajstić information content (AvgIpc) is 3.29. The van der Waals surface area contributed by atoms with Crippen LogP contribution in [0.5, 0.6) is 5.75 Å². The summed E-state index contributed by atoms with van der Waals surface area (Å²) in [6, 6.07) is 10.4. The molecule has 2 amide bonds. The molecule has 27 heavy (non-hydrogen) atoms. The molecule has 0 saturated carbocycles. The van der Waals surface area contributed by atoms with Crippen LogP contribution in [-0.2, 0) is 4.79 Å². The number of carbonyl (C=O) groups is 2. The average molecular weight is 385 g/mol. The van der Waals surface area contributed by atoms with Gasteiger partial charge in [0.2, 0.25) is 5.91 Å². The van der Waals surface area contributed by atoms with Crippen molar-refractivity contribution in [1.82, 2.24) is 10.3 Å². The van der Waals surface area contributed by atoms with Gasteiger partial charge >= 0.3 is 0 Å². The fraction of sp³-hybridized carbons (Fsp3) is 0.211. The summed E-state index contributed by atoms with van der Waals surface area (Å²) in [6.45, 7) is 4.15. The Bertz CT molecular complexity index is 931. The van der Waals surface area contributed by atoms with E-state index >= 15 is 0 Å². The predicted molar refractivity (Wildman–Crippen MR) is 103 cm³/mol. The number of hydrogen-bond donors (Lipinski definition) is 2. The van der Waals surface area contributed by atoms with E-state index in [1.54, 1.807) is 29.6 Å². The molecule has 0 saturated heterocycles. The zero-order chi connectivity index (χ0) is 19.2. The number of carbonyl (C=O) groups excluding carboxylic acids is 2. The van der Waals surface area contributed by atoms with Gasteiger partial charge in [0.1, 0.15) is 17.2 Å². The summed E-state index contributed by atoms with van der Waals surface area (Å²) in [4.78, 5) is 28.5. The summed E-state index contributed by atoms with van der Waals surface area (Å²) in [6.07, 6.45) is 0. The van der Waals surface area contributed by atoms with Crippen molar-refractivity contribution in [3.8, 4) is 17.2 Å². The lowest BCUT2D eigenvalue weighted by atomic mass is 10.2. The van der Waals surface area contributed by atoms with Gasteiger partial charge in [-0.3, -0.25) is 9.59 Å². The lowest BCUT2D eigenvalue weighted by Gasteiger charge is -2.06. The molecule has 2 heterocycles. The molecule has 3 aromatic rings. The van der Waals surface area contributed by atoms with Crippen molar-refractivity contribution in [2.24, 2.45) is 0 Å². The number of hydrogen-bond acceptors (Lipinski definition) is 6. The Morgan fingerprint density at radius 2 is 1.96 bits per heavy atom. The van der Waals surface area contributed by atoms with Crippen LogP contribution in [0.3, 0.4) is 0 Å². The van der Waals surface area contributed by atoms with Gasteiger partial charge in [0, 0.05) is 10.9 Å². The minimum atomic E-state index is -0.356. The van der Waals surface area contributed by atoms with E-state index in [9.17, 15) is 9.59 Å². The van der Waals surface area contributed by atoms with Crippen molar-refractivity contribution in [2.75, 3.05) is 18.5 Å². The van der Waals surface area contributed by atoms with Crippen molar-refractivity contribution >= 4 is 28.3 Å². The molecular weight excluding hydrogens is 366 g/mol. The largest absolute Gasteiger partial charge is 0.494 e. The number of furan rings is 1. The van der Waals surface area contributed by atoms with E-state index in [1.807, 2.05) is 26.0 Å². The second-order valence-corrected chi connectivity index (χ2v) is 6.49. The van der Waals surface area contributed by atoms with E-state index in [2.05, 4.69) is 15.6 Å². The highest BCUT2D eigenvalue weighted by molar-refractivity contribution is 7.14. The number of rotatable bonds is 7. The van der Waals surface area contributed by atoms with Gasteiger partial charge in [-0.1, -0.05) is 0 Å². The third-order valence-corrected chi connectivity index (χ3v) is 4.34. The van der Waals surface area contributed by atoms with Crippen LogP contribution in [0.15, 0.2) is 46.2 Å². The van der Waals surface area contributed by atoms with Gasteiger partial charge < -0.3 is 19.8 Å². The molecule has 0 spiro atoms. The Balaban J connectivity index is 1.50. The summed E-state index contributed by atoms with van der Waals surface area (Å²) < 4.78 is 10.8. The van der Waals surface area contributed by atoms with Gasteiger partial charge in [-0.05, 0) is 50.2 Å². The molecule has 0 aliphatic heterocycles. The zero-order valence-electron chi connectivity index (χ0n) is 14.9. The Kier molecular flexibility index (Phi) is 5.87. The number of aryl methyl sites for hydroxylation is 1. The molecule has 2 aromatic heterocycles. The molecule has 0 radical (unpaired) electrons. The Labute approximate surface area is 160 Å². The maximum absolute atomic E-state index is 12.1. The quantitative estimate of drug-likeness (QED) is 0.649. The second-order valence-electron chi connectivity index (χ2n) is 5.64. The van der Waals surface area contributed by atoms with Crippen molar-refractivity contribution in [3.05, 3.63) is 53.1 Å². The third-order valence-electron chi connectivity index (χ3n) is 3.58. The molecule has 7 nitrogen and oxygen atoms in total. The SMILES string of the molecule is CCOc1ccc(C(=O)NCC(=O)Nc2nc(-c3ccc(C)o3)cs2)cc1. The summed E-state index contributed by atoms with van der Waals surface area (Å²) >= 11 is 1.29. The summed E-state index contributed by atoms with van der Waals surface area (Å²) in [5.41, 5.74) is 1.11. The van der Waals surface area contributed by atoms with Gasteiger partial charge in [-0.15, -0.1) is 11.3 Å². The number of anilines is 1. The Hall–Kier alpha value is -3.13. The summed E-state index contributed by atoms with van der Waals surface area (Å²) in [5.74, 6) is 1.44. The molecule has 8 heteroatoms. The maximum Gasteiger partial charge on any atom is 0.251 e. The molecule has 0 bridgehead atoms. The fourth-order valence-electron chi connectivity index (χ4n) is 2.31. The lowest BCUT2D eigenvalue weighted by Crippen LogP contribution is -2.32. The van der Waals surface area contributed by atoms with E-state index in [0.29, 0.717) is 34.5 Å². The van der Waals surface area contributed by atoms with Crippen LogP contribution in [0, 0.1) is 6.92 Å². The van der Waals surface area contributed by atoms with Crippen LogP contribution in [0.4, 0.5) is 5.13 Å². The maximum atomic E-state index is 12.1. The van der Waals surface area contributed by atoms with Gasteiger partial charge in [-0.25, -0.2) is 4.98 Å². The lowest BCUT2D eigenvalue weighted by molar-refractivity contribution is -0.115. The monoisotopic (exact) mass is 385 g/mol. The van der Waals surface area contributed by atoms with Gasteiger partial charge in [-0.2, -0.15) is 0 Å². The first-order valence-electron chi connectivity index (χ1n) is 8.38. The van der Waals surface area contributed by atoms with Gasteiger partial charge in [0.25, 0.3) is 5.91 Å². The minimum Gasteiger partial charge on any atom is -0.494 e. The van der Waals surface area contributed by atoms with Crippen LogP contribution >= 0.6 is 11.3 Å². The zero-order valence-corrected chi connectivity index (χ0v) is 15.8. The Morgan fingerprint density at radius 3 is 2.63 bits per heavy atom. The first kappa shape index (κ1) is 18.7. The van der Waals surface area contributed by atoms with Crippen molar-refractivity contribution in [3.63, 3.8) is 0 Å². The number of amides is 2. The van der Waals surface area contributed by atoms with E-state index in [4.69, 9.17) is 9.15 Å². The molecule has 3 rings (SSSR count). The first-order chi connectivity index (χ1) is 13.0. The van der Waals surface area contributed by atoms with E-state index < -0.39 is 0 Å². The first-order valence-corrected chi connectivity index (χ1v) is 9.26. The smallest absolute Gasteiger partial charge is 0.251 e. The normalized spacial score (nSPS) is 10.4. The molecule has 140 valence electrons. The number of nitrogens with zero attached hydrogens (tertiary/aromatic N) is 1. The van der Waals surface area contributed by atoms with Crippen LogP contribution in [-0.4, -0.2) is 29.9 Å². The molecule has 0 fully saturated rings. The van der Waals surface area contributed by atoms with E-state index in [-0.39, 0.29) is 18.4 Å². The highest BCUT2D eigenvalue weighted by Gasteiger charge is 2.12. The number of aromatic nitrogens is 1. The molecule has 1 aromatic carbocycles. The molecular formula is C19H19N3O4S. The predicted octanol–water partition coefficient (Wildman–Crippen LogP) is 3.48. The van der Waals surface area contributed by atoms with E-state index in [0.717, 1.165) is 5.76 Å². The second kappa shape index (κ2) is 8.50. The number of benzene rings is 1. The standard InChI is InChI=1S/C19H19N3O4S/c1-3-25-14-7-5-13(6-8-14)18(24)20-10-17(23)22-19-21-15(11-27-19)16-9-4-12(2)26-16/h4-9,11H,3,10H2,1-2H3,(H,20,24)(H,21,22,23). The van der Waals surface area contributed by atoms with Gasteiger partial charge in [0.15, 0.2) is 10.9 Å². The molecule has 0 atom stereocenters. The molecule has 0 unspecified atom stereocenters. The van der Waals surface area contributed by atoms with Crippen molar-refractivity contribution in [1.29, 1.82) is 0 Å². The van der Waals surface area contributed by atoms with Crippen LogP contribution in [0.25, 0.3) is 11.5 Å². The highest BCUT2D eigenvalue weighted by Crippen LogP contribution is 2.26. The van der Waals surface area contributed by atoms with Crippen LogP contribution in [0.1, 0.15) is 23.0 Å². The van der Waals surface area contributed by atoms with Crippen molar-refractivity contribution < 1.29 is 18.7 Å². The van der Waals surface area contributed by atoms with Crippen LogP contribution < -0.4 is 15.4 Å². The van der Waals surface area contributed by atoms with Crippen LogP contribution in [0.2, 0.25) is 0 Å². The summed E-state index contributed by atoms with van der Waals surface area (Å²) in [7, 11) is 0. The molecule has 2 N–H and O–H groups in total. The number of ether oxygens (including phenoxy) is 1. The molecule has 0 aliphatic carbocycles. The molecule has 0 aliphatic rings. The van der Waals surface area contributed by atoms with Gasteiger partial charge in [0.05, 0.1) is 13.2 Å². The topological polar surface area (TPSA) is 93.5 Å². The van der Waals surface area contributed by atoms with Crippen molar-refractivity contribution in [2.45, 2.75) is 13.8 Å². The number of thiazole rings is 1.